The molecule has 1 aromatic rings. The van der Waals surface area contributed by atoms with Gasteiger partial charge < -0.3 is 10.1 Å². The Morgan fingerprint density at radius 2 is 2.05 bits per heavy atom. The monoisotopic (exact) mass is 275 g/mol. The predicted octanol–water partition coefficient (Wildman–Crippen LogP) is 4.19. The van der Waals surface area contributed by atoms with Crippen LogP contribution in [0.3, 0.4) is 0 Å². The summed E-state index contributed by atoms with van der Waals surface area (Å²) in [5.74, 6) is 0.949. The summed E-state index contributed by atoms with van der Waals surface area (Å²) in [7, 11) is 1.72. The van der Waals surface area contributed by atoms with Crippen LogP contribution in [0.25, 0.3) is 0 Å². The zero-order valence-electron chi connectivity index (χ0n) is 13.2. The highest BCUT2D eigenvalue weighted by Crippen LogP contribution is 2.41. The van der Waals surface area contributed by atoms with Gasteiger partial charge in [0.2, 0.25) is 0 Å². The highest BCUT2D eigenvalue weighted by atomic mass is 16.5. The third kappa shape index (κ3) is 4.24. The number of hydrogen-bond acceptors (Lipinski definition) is 2. The van der Waals surface area contributed by atoms with Crippen molar-refractivity contribution >= 4 is 0 Å². The fraction of sp³-hybridized carbons (Fsp3) is 0.667. The topological polar surface area (TPSA) is 21.3 Å². The van der Waals surface area contributed by atoms with Crippen molar-refractivity contribution in [3.63, 3.8) is 0 Å². The number of aryl methyl sites for hydroxylation is 1. The molecule has 1 aromatic carbocycles. The van der Waals surface area contributed by atoms with E-state index in [0.29, 0.717) is 5.41 Å². The molecule has 0 aliphatic heterocycles. The highest BCUT2D eigenvalue weighted by Gasteiger charge is 2.34. The molecule has 2 atom stereocenters. The molecule has 20 heavy (non-hydrogen) atoms. The minimum absolute atomic E-state index is 0.519. The van der Waals surface area contributed by atoms with Crippen molar-refractivity contribution in [1.29, 1.82) is 0 Å². The van der Waals surface area contributed by atoms with Crippen LogP contribution < -0.4 is 10.1 Å². The van der Waals surface area contributed by atoms with E-state index in [1.54, 1.807) is 7.11 Å². The van der Waals surface area contributed by atoms with Crippen LogP contribution in [-0.4, -0.2) is 19.7 Å². The van der Waals surface area contributed by atoms with Gasteiger partial charge in [0.1, 0.15) is 5.75 Å². The van der Waals surface area contributed by atoms with Gasteiger partial charge in [-0.3, -0.25) is 0 Å². The zero-order valence-corrected chi connectivity index (χ0v) is 13.2. The lowest BCUT2D eigenvalue weighted by atomic mass is 9.82. The van der Waals surface area contributed by atoms with Gasteiger partial charge in [0, 0.05) is 6.04 Å². The van der Waals surface area contributed by atoms with E-state index in [9.17, 15) is 0 Å². The van der Waals surface area contributed by atoms with E-state index in [4.69, 9.17) is 4.74 Å². The summed E-state index contributed by atoms with van der Waals surface area (Å²) in [5.41, 5.74) is 1.95. The third-order valence-electron chi connectivity index (χ3n) is 4.69. The average Bonchev–Trinajstić information content (AvgIpc) is 2.86. The van der Waals surface area contributed by atoms with Crippen LogP contribution in [-0.2, 0) is 6.42 Å². The van der Waals surface area contributed by atoms with E-state index in [1.807, 2.05) is 0 Å². The molecule has 2 heteroatoms. The van der Waals surface area contributed by atoms with Crippen molar-refractivity contribution in [2.24, 2.45) is 5.41 Å². The van der Waals surface area contributed by atoms with Crippen LogP contribution in [0, 0.1) is 5.41 Å². The standard InChI is InChI=1S/C18H29NO/c1-4-13-19-16-10-12-18(2,14-16)11-9-15-5-7-17(20-3)8-6-15/h5-8,16,19H,4,9-14H2,1-3H3. The van der Waals surface area contributed by atoms with Crippen LogP contribution in [0.5, 0.6) is 5.75 Å². The molecule has 1 aliphatic rings. The molecule has 0 saturated heterocycles. The summed E-state index contributed by atoms with van der Waals surface area (Å²) in [4.78, 5) is 0. The molecule has 0 aromatic heterocycles. The average molecular weight is 275 g/mol. The molecule has 0 bridgehead atoms. The second-order valence-corrected chi connectivity index (χ2v) is 6.55. The van der Waals surface area contributed by atoms with Gasteiger partial charge in [0.25, 0.3) is 0 Å². The molecular formula is C18H29NO. The minimum Gasteiger partial charge on any atom is -0.497 e. The second kappa shape index (κ2) is 7.12. The van der Waals surface area contributed by atoms with Gasteiger partial charge in [-0.05, 0) is 68.2 Å². The zero-order chi connectivity index (χ0) is 14.4. The number of nitrogens with one attached hydrogen (secondary N) is 1. The number of rotatable bonds is 7. The van der Waals surface area contributed by atoms with Crippen LogP contribution in [0.2, 0.25) is 0 Å². The maximum absolute atomic E-state index is 5.21. The summed E-state index contributed by atoms with van der Waals surface area (Å²) < 4.78 is 5.21. The van der Waals surface area contributed by atoms with Crippen molar-refractivity contribution in [1.82, 2.24) is 5.32 Å². The first kappa shape index (κ1) is 15.4. The van der Waals surface area contributed by atoms with Crippen molar-refractivity contribution < 1.29 is 4.74 Å². The molecule has 0 heterocycles. The van der Waals surface area contributed by atoms with Gasteiger partial charge in [-0.25, -0.2) is 0 Å². The second-order valence-electron chi connectivity index (χ2n) is 6.55. The Hall–Kier alpha value is -1.02. The quantitative estimate of drug-likeness (QED) is 0.806. The molecule has 112 valence electrons. The van der Waals surface area contributed by atoms with Gasteiger partial charge in [0.05, 0.1) is 7.11 Å². The molecule has 0 radical (unpaired) electrons. The van der Waals surface area contributed by atoms with Gasteiger partial charge in [0.15, 0.2) is 0 Å². The number of hydrogen-bond donors (Lipinski definition) is 1. The van der Waals surface area contributed by atoms with Crippen LogP contribution in [0.4, 0.5) is 0 Å². The van der Waals surface area contributed by atoms with E-state index < -0.39 is 0 Å². The van der Waals surface area contributed by atoms with Gasteiger partial charge in [-0.2, -0.15) is 0 Å². The van der Waals surface area contributed by atoms with Crippen LogP contribution in [0.1, 0.15) is 51.5 Å². The summed E-state index contributed by atoms with van der Waals surface area (Å²) in [6.07, 6.45) is 7.76. The largest absolute Gasteiger partial charge is 0.497 e. The Morgan fingerprint density at radius 1 is 1.30 bits per heavy atom. The van der Waals surface area contributed by atoms with Gasteiger partial charge in [-0.15, -0.1) is 0 Å². The summed E-state index contributed by atoms with van der Waals surface area (Å²) in [5, 5.41) is 3.68. The lowest BCUT2D eigenvalue weighted by Crippen LogP contribution is -2.28. The number of benzene rings is 1. The maximum Gasteiger partial charge on any atom is 0.118 e. The summed E-state index contributed by atoms with van der Waals surface area (Å²) in [6.45, 7) is 5.87. The molecule has 1 aliphatic carbocycles. The first-order chi connectivity index (χ1) is 9.65. The highest BCUT2D eigenvalue weighted by molar-refractivity contribution is 5.27. The molecule has 1 N–H and O–H groups in total. The third-order valence-corrected chi connectivity index (χ3v) is 4.69. The van der Waals surface area contributed by atoms with Crippen molar-refractivity contribution in [2.45, 2.75) is 58.4 Å². The van der Waals surface area contributed by atoms with Gasteiger partial charge >= 0.3 is 0 Å². The number of ether oxygens (including phenoxy) is 1. The maximum atomic E-state index is 5.21. The molecule has 1 fully saturated rings. The number of methoxy groups -OCH3 is 1. The smallest absolute Gasteiger partial charge is 0.118 e. The van der Waals surface area contributed by atoms with Gasteiger partial charge in [-0.1, -0.05) is 26.0 Å². The van der Waals surface area contributed by atoms with E-state index in [2.05, 4.69) is 43.4 Å². The molecule has 2 rings (SSSR count). The van der Waals surface area contributed by atoms with Crippen LogP contribution >= 0.6 is 0 Å². The normalized spacial score (nSPS) is 25.9. The lowest BCUT2D eigenvalue weighted by molar-refractivity contribution is 0.298. The Labute approximate surface area is 123 Å². The molecule has 2 unspecified atom stereocenters. The predicted molar refractivity (Wildman–Crippen MR) is 85.4 cm³/mol. The van der Waals surface area contributed by atoms with E-state index in [1.165, 1.54) is 50.6 Å². The van der Waals surface area contributed by atoms with Crippen LogP contribution in [0.15, 0.2) is 24.3 Å². The summed E-state index contributed by atoms with van der Waals surface area (Å²) in [6, 6.07) is 9.28. The van der Waals surface area contributed by atoms with E-state index in [-0.39, 0.29) is 0 Å². The molecule has 2 nitrogen and oxygen atoms in total. The Morgan fingerprint density at radius 3 is 2.70 bits per heavy atom. The van der Waals surface area contributed by atoms with Crippen molar-refractivity contribution in [3.8, 4) is 5.75 Å². The SMILES string of the molecule is CCCNC1CCC(C)(CCc2ccc(OC)cc2)C1. The molecular weight excluding hydrogens is 246 g/mol. The van der Waals surface area contributed by atoms with Crippen molar-refractivity contribution in [2.75, 3.05) is 13.7 Å². The van der Waals surface area contributed by atoms with E-state index >= 15 is 0 Å². The minimum atomic E-state index is 0.519. The Balaban J connectivity index is 1.80. The first-order valence-electron chi connectivity index (χ1n) is 8.01. The fourth-order valence-corrected chi connectivity index (χ4v) is 3.31. The summed E-state index contributed by atoms with van der Waals surface area (Å²) >= 11 is 0. The van der Waals surface area contributed by atoms with Crippen molar-refractivity contribution in [3.05, 3.63) is 29.8 Å². The first-order valence-corrected chi connectivity index (χ1v) is 8.01. The molecule has 0 spiro atoms. The molecule has 1 saturated carbocycles. The van der Waals surface area contributed by atoms with E-state index in [0.717, 1.165) is 11.8 Å². The molecule has 0 amide bonds. The Bertz CT molecular complexity index is 400. The fourth-order valence-electron chi connectivity index (χ4n) is 3.31. The lowest BCUT2D eigenvalue weighted by Gasteiger charge is -2.24. The Kier molecular flexibility index (Phi) is 5.47.